The van der Waals surface area contributed by atoms with E-state index in [0.29, 0.717) is 30.1 Å². The number of H-pyrrole nitrogens is 1. The average molecular weight is 498 g/mol. The molecule has 0 fully saturated rings. The number of ether oxygens (including phenoxy) is 1. The number of hydrogen-bond acceptors (Lipinski definition) is 4. The van der Waals surface area contributed by atoms with Crippen molar-refractivity contribution in [2.75, 3.05) is 13.2 Å². The number of fused-ring (bicyclic) bond motifs is 1. The number of aromatic amines is 1. The minimum Gasteiger partial charge on any atom is -0.507 e. The quantitative estimate of drug-likeness (QED) is 0.421. The Bertz CT molecular complexity index is 1130. The van der Waals surface area contributed by atoms with Crippen LogP contribution in [-0.4, -0.2) is 45.4 Å². The second-order valence-corrected chi connectivity index (χ2v) is 9.48. The highest BCUT2D eigenvalue weighted by Crippen LogP contribution is 2.45. The summed E-state index contributed by atoms with van der Waals surface area (Å²) >= 11 is 3.56. The third-order valence-corrected chi connectivity index (χ3v) is 6.21. The van der Waals surface area contributed by atoms with Gasteiger partial charge in [-0.05, 0) is 69.0 Å². The number of carbonyl (C=O) groups is 1. The first kappa shape index (κ1) is 22.6. The SMILES string of the molecule is Cc1cc(C)c(-c2n[nH]c3c2C(c2cccc(Br)c2)N(CCCOC(C)C)C3=O)c(O)c1. The standard InChI is InChI=1S/C25H28BrN3O3/c1-14(2)32-10-6-9-29-24(17-7-5-8-18(26)13-17)21-22(27-28-23(21)25(29)31)20-16(4)11-15(3)12-19(20)30/h5,7-8,11-14,24,30H,6,9-10H2,1-4H3,(H,27,28). The summed E-state index contributed by atoms with van der Waals surface area (Å²) in [6, 6.07) is 11.4. The Hall–Kier alpha value is -2.64. The molecule has 1 unspecified atom stereocenters. The number of aromatic nitrogens is 2. The lowest BCUT2D eigenvalue weighted by Crippen LogP contribution is -2.31. The van der Waals surface area contributed by atoms with Gasteiger partial charge in [-0.15, -0.1) is 0 Å². The van der Waals surface area contributed by atoms with E-state index in [1.54, 1.807) is 6.07 Å². The molecular weight excluding hydrogens is 470 g/mol. The number of phenolic OH excluding ortho intramolecular Hbond substituents is 1. The first-order chi connectivity index (χ1) is 15.3. The van der Waals surface area contributed by atoms with Crippen LogP contribution in [-0.2, 0) is 4.74 Å². The fraction of sp³-hybridized carbons (Fsp3) is 0.360. The van der Waals surface area contributed by atoms with Gasteiger partial charge in [0.15, 0.2) is 0 Å². The van der Waals surface area contributed by atoms with Crippen LogP contribution in [0, 0.1) is 13.8 Å². The van der Waals surface area contributed by atoms with Crippen LogP contribution in [0.25, 0.3) is 11.3 Å². The summed E-state index contributed by atoms with van der Waals surface area (Å²) in [4.78, 5) is 15.3. The minimum absolute atomic E-state index is 0.0856. The number of nitrogens with one attached hydrogen (secondary N) is 1. The third-order valence-electron chi connectivity index (χ3n) is 5.72. The van der Waals surface area contributed by atoms with Crippen molar-refractivity contribution in [1.29, 1.82) is 0 Å². The molecule has 0 radical (unpaired) electrons. The summed E-state index contributed by atoms with van der Waals surface area (Å²) in [5.74, 6) is 0.0820. The normalized spacial score (nSPS) is 15.6. The monoisotopic (exact) mass is 497 g/mol. The van der Waals surface area contributed by atoms with E-state index in [9.17, 15) is 9.90 Å². The number of rotatable bonds is 7. The molecule has 2 heterocycles. The van der Waals surface area contributed by atoms with Crippen LogP contribution < -0.4 is 0 Å². The van der Waals surface area contributed by atoms with Gasteiger partial charge in [0.25, 0.3) is 5.91 Å². The van der Waals surface area contributed by atoms with Gasteiger partial charge in [0.05, 0.1) is 12.1 Å². The van der Waals surface area contributed by atoms with E-state index in [1.165, 1.54) is 0 Å². The van der Waals surface area contributed by atoms with Gasteiger partial charge in [0, 0.05) is 28.8 Å². The molecule has 4 rings (SSSR count). The van der Waals surface area contributed by atoms with Crippen LogP contribution in [0.5, 0.6) is 5.75 Å². The summed E-state index contributed by atoms with van der Waals surface area (Å²) in [5.41, 5.74) is 5.45. The molecule has 0 saturated heterocycles. The number of carbonyl (C=O) groups excluding carboxylic acids is 1. The van der Waals surface area contributed by atoms with Crippen LogP contribution in [0.3, 0.4) is 0 Å². The molecule has 7 heteroatoms. The Morgan fingerprint density at radius 2 is 2.03 bits per heavy atom. The van der Waals surface area contributed by atoms with Crippen molar-refractivity contribution < 1.29 is 14.6 Å². The lowest BCUT2D eigenvalue weighted by atomic mass is 9.93. The maximum atomic E-state index is 13.4. The molecule has 2 N–H and O–H groups in total. The number of amides is 1. The number of benzene rings is 2. The van der Waals surface area contributed by atoms with Gasteiger partial charge in [-0.1, -0.05) is 34.1 Å². The van der Waals surface area contributed by atoms with Crippen LogP contribution in [0.15, 0.2) is 40.9 Å². The van der Waals surface area contributed by atoms with Crippen molar-refractivity contribution in [1.82, 2.24) is 15.1 Å². The molecule has 1 aliphatic rings. The molecule has 168 valence electrons. The van der Waals surface area contributed by atoms with E-state index in [-0.39, 0.29) is 23.8 Å². The number of halogens is 1. The molecule has 3 aromatic rings. The first-order valence-corrected chi connectivity index (χ1v) is 11.6. The van der Waals surface area contributed by atoms with Gasteiger partial charge in [-0.25, -0.2) is 0 Å². The van der Waals surface area contributed by atoms with Crippen molar-refractivity contribution >= 4 is 21.8 Å². The highest BCUT2D eigenvalue weighted by atomic mass is 79.9. The number of hydrogen-bond donors (Lipinski definition) is 2. The highest BCUT2D eigenvalue weighted by molar-refractivity contribution is 9.10. The maximum Gasteiger partial charge on any atom is 0.273 e. The van der Waals surface area contributed by atoms with Crippen LogP contribution in [0.2, 0.25) is 0 Å². The molecule has 32 heavy (non-hydrogen) atoms. The van der Waals surface area contributed by atoms with Gasteiger partial charge >= 0.3 is 0 Å². The fourth-order valence-electron chi connectivity index (χ4n) is 4.45. The molecule has 0 saturated carbocycles. The van der Waals surface area contributed by atoms with Crippen molar-refractivity contribution in [3.8, 4) is 17.0 Å². The number of phenols is 1. The van der Waals surface area contributed by atoms with Gasteiger partial charge in [0.1, 0.15) is 17.1 Å². The fourth-order valence-corrected chi connectivity index (χ4v) is 4.87. The Kier molecular flexibility index (Phi) is 6.40. The van der Waals surface area contributed by atoms with E-state index in [1.807, 2.05) is 62.9 Å². The number of nitrogens with zero attached hydrogens (tertiary/aromatic N) is 2. The molecule has 0 spiro atoms. The summed E-state index contributed by atoms with van der Waals surface area (Å²) < 4.78 is 6.64. The van der Waals surface area contributed by atoms with E-state index in [2.05, 4.69) is 26.1 Å². The summed E-state index contributed by atoms with van der Waals surface area (Å²) in [7, 11) is 0. The second kappa shape index (κ2) is 9.08. The number of aromatic hydroxyl groups is 1. The van der Waals surface area contributed by atoms with Crippen LogP contribution in [0.4, 0.5) is 0 Å². The maximum absolute atomic E-state index is 13.4. The molecule has 2 aromatic carbocycles. The lowest BCUT2D eigenvalue weighted by molar-refractivity contribution is 0.0601. The average Bonchev–Trinajstić information content (AvgIpc) is 3.24. The summed E-state index contributed by atoms with van der Waals surface area (Å²) in [6.45, 7) is 9.05. The molecule has 1 aromatic heterocycles. The Balaban J connectivity index is 1.80. The zero-order chi connectivity index (χ0) is 23.0. The van der Waals surface area contributed by atoms with E-state index in [4.69, 9.17) is 4.74 Å². The van der Waals surface area contributed by atoms with Crippen molar-refractivity contribution in [3.05, 3.63) is 68.8 Å². The van der Waals surface area contributed by atoms with Gasteiger partial charge in [-0.3, -0.25) is 9.89 Å². The van der Waals surface area contributed by atoms with Gasteiger partial charge in [0.2, 0.25) is 0 Å². The third kappa shape index (κ3) is 4.19. The smallest absolute Gasteiger partial charge is 0.273 e. The molecule has 1 aliphatic heterocycles. The molecule has 6 nitrogen and oxygen atoms in total. The lowest BCUT2D eigenvalue weighted by Gasteiger charge is -2.27. The Morgan fingerprint density at radius 1 is 1.25 bits per heavy atom. The Morgan fingerprint density at radius 3 is 2.72 bits per heavy atom. The van der Waals surface area contributed by atoms with Crippen molar-refractivity contribution in [2.24, 2.45) is 0 Å². The summed E-state index contributed by atoms with van der Waals surface area (Å²) in [6.07, 6.45) is 0.886. The summed E-state index contributed by atoms with van der Waals surface area (Å²) in [5, 5.41) is 18.2. The molecule has 0 aliphatic carbocycles. The highest BCUT2D eigenvalue weighted by Gasteiger charge is 2.42. The van der Waals surface area contributed by atoms with Crippen molar-refractivity contribution in [2.45, 2.75) is 46.3 Å². The molecule has 1 atom stereocenters. The second-order valence-electron chi connectivity index (χ2n) is 8.57. The van der Waals surface area contributed by atoms with Gasteiger partial charge < -0.3 is 14.7 Å². The molecule has 1 amide bonds. The predicted octanol–water partition coefficient (Wildman–Crippen LogP) is 5.52. The van der Waals surface area contributed by atoms with Crippen molar-refractivity contribution in [3.63, 3.8) is 0 Å². The minimum atomic E-state index is -0.303. The first-order valence-electron chi connectivity index (χ1n) is 10.8. The topological polar surface area (TPSA) is 78.5 Å². The predicted molar refractivity (Wildman–Crippen MR) is 128 cm³/mol. The molecular formula is C25H28BrN3O3. The molecule has 0 bridgehead atoms. The van der Waals surface area contributed by atoms with E-state index >= 15 is 0 Å². The van der Waals surface area contributed by atoms with Crippen LogP contribution in [0.1, 0.15) is 59.1 Å². The van der Waals surface area contributed by atoms with Crippen LogP contribution >= 0.6 is 15.9 Å². The van der Waals surface area contributed by atoms with E-state index in [0.717, 1.165) is 33.1 Å². The Labute approximate surface area is 196 Å². The largest absolute Gasteiger partial charge is 0.507 e. The zero-order valence-electron chi connectivity index (χ0n) is 18.8. The number of aryl methyl sites for hydroxylation is 2. The van der Waals surface area contributed by atoms with Gasteiger partial charge in [-0.2, -0.15) is 5.10 Å². The van der Waals surface area contributed by atoms with E-state index < -0.39 is 0 Å². The zero-order valence-corrected chi connectivity index (χ0v) is 20.4.